The Labute approximate surface area is 173 Å². The molecule has 2 heterocycles. The van der Waals surface area contributed by atoms with Crippen molar-refractivity contribution in [3.8, 4) is 17.1 Å². The van der Waals surface area contributed by atoms with Crippen LogP contribution in [0.3, 0.4) is 0 Å². The van der Waals surface area contributed by atoms with Crippen molar-refractivity contribution in [1.82, 2.24) is 24.5 Å². The summed E-state index contributed by atoms with van der Waals surface area (Å²) in [7, 11) is 1.72. The number of aryl methyl sites for hydroxylation is 1. The summed E-state index contributed by atoms with van der Waals surface area (Å²) in [5.41, 5.74) is -0.982. The van der Waals surface area contributed by atoms with Crippen molar-refractivity contribution in [3.05, 3.63) is 78.1 Å². The van der Waals surface area contributed by atoms with Gasteiger partial charge in [0.2, 0.25) is 0 Å². The number of carbonyl (C=O) groups is 1. The molecule has 2 aromatic carbocycles. The maximum absolute atomic E-state index is 13.7. The fourth-order valence-electron chi connectivity index (χ4n) is 2.94. The minimum Gasteiger partial charge on any atom is -0.322 e. The first-order valence-electron chi connectivity index (χ1n) is 8.91. The minimum atomic E-state index is -4.87. The molecule has 4 rings (SSSR count). The average Bonchev–Trinajstić information content (AvgIpc) is 3.36. The van der Waals surface area contributed by atoms with Crippen LogP contribution in [-0.4, -0.2) is 30.5 Å². The minimum absolute atomic E-state index is 0.0278. The highest BCUT2D eigenvalue weighted by atomic mass is 19.4. The summed E-state index contributed by atoms with van der Waals surface area (Å²) < 4.78 is 56.4. The Morgan fingerprint density at radius 2 is 1.71 bits per heavy atom. The number of carbonyl (C=O) groups excluding carboxylic acids is 1. The summed E-state index contributed by atoms with van der Waals surface area (Å²) in [6.45, 7) is 0. The Bertz CT molecular complexity index is 1230. The van der Waals surface area contributed by atoms with E-state index in [1.807, 2.05) is 0 Å². The Morgan fingerprint density at radius 3 is 2.29 bits per heavy atom. The van der Waals surface area contributed by atoms with Gasteiger partial charge in [0, 0.05) is 18.3 Å². The largest absolute Gasteiger partial charge is 0.434 e. The molecule has 31 heavy (non-hydrogen) atoms. The van der Waals surface area contributed by atoms with Crippen molar-refractivity contribution < 1.29 is 22.4 Å². The highest BCUT2D eigenvalue weighted by Gasteiger charge is 2.40. The molecule has 2 aromatic heterocycles. The molecule has 7 nitrogen and oxygen atoms in total. The molecule has 0 atom stereocenters. The molecule has 1 N–H and O–H groups in total. The number of alkyl halides is 3. The summed E-state index contributed by atoms with van der Waals surface area (Å²) in [5.74, 6) is -1.11. The molecule has 0 radical (unpaired) electrons. The molecule has 0 aliphatic heterocycles. The van der Waals surface area contributed by atoms with Crippen LogP contribution in [-0.2, 0) is 13.2 Å². The van der Waals surface area contributed by atoms with Crippen LogP contribution in [0.5, 0.6) is 0 Å². The molecule has 1 amide bonds. The molecular weight excluding hydrogens is 416 g/mol. The number of rotatable bonds is 4. The van der Waals surface area contributed by atoms with Crippen LogP contribution in [0.1, 0.15) is 16.1 Å². The molecule has 0 spiro atoms. The highest BCUT2D eigenvalue weighted by molar-refractivity contribution is 6.05. The topological polar surface area (TPSA) is 77.6 Å². The number of anilines is 1. The number of hydrogen-bond donors (Lipinski definition) is 1. The number of benzene rings is 2. The standard InChI is InChI=1S/C20H14F4N6O/c1-29-11-25-18(28-29)12-2-6-14(7-3-12)27-19(31)16-10-26-30(17(16)20(22,23)24)15-8-4-13(21)5-9-15/h2-11H,1H3,(H,27,31). The van der Waals surface area contributed by atoms with E-state index in [-0.39, 0.29) is 11.4 Å². The van der Waals surface area contributed by atoms with Crippen LogP contribution in [0, 0.1) is 5.82 Å². The zero-order valence-corrected chi connectivity index (χ0v) is 15.9. The predicted octanol–water partition coefficient (Wildman–Crippen LogP) is 4.08. The smallest absolute Gasteiger partial charge is 0.322 e. The van der Waals surface area contributed by atoms with E-state index >= 15 is 0 Å². The SMILES string of the molecule is Cn1cnc(-c2ccc(NC(=O)c3cnn(-c4ccc(F)cc4)c3C(F)(F)F)cc2)n1. The zero-order chi connectivity index (χ0) is 22.2. The van der Waals surface area contributed by atoms with Crippen molar-refractivity contribution in [2.75, 3.05) is 5.32 Å². The summed E-state index contributed by atoms with van der Waals surface area (Å²) in [6.07, 6.45) is -2.51. The molecule has 0 fully saturated rings. The highest BCUT2D eigenvalue weighted by Crippen LogP contribution is 2.34. The average molecular weight is 430 g/mol. The molecule has 11 heteroatoms. The second kappa shape index (κ2) is 7.67. The van der Waals surface area contributed by atoms with E-state index in [1.165, 1.54) is 23.1 Å². The van der Waals surface area contributed by atoms with Gasteiger partial charge < -0.3 is 5.32 Å². The lowest BCUT2D eigenvalue weighted by molar-refractivity contribution is -0.143. The Balaban J connectivity index is 1.62. The number of aromatic nitrogens is 5. The van der Waals surface area contributed by atoms with Crippen LogP contribution in [0.25, 0.3) is 17.1 Å². The summed E-state index contributed by atoms with van der Waals surface area (Å²) in [4.78, 5) is 16.7. The van der Waals surface area contributed by atoms with E-state index < -0.39 is 29.2 Å². The molecule has 158 valence electrons. The number of amides is 1. The van der Waals surface area contributed by atoms with Crippen LogP contribution in [0.15, 0.2) is 61.1 Å². The van der Waals surface area contributed by atoms with E-state index in [4.69, 9.17) is 0 Å². The fraction of sp³-hybridized carbons (Fsp3) is 0.100. The lowest BCUT2D eigenvalue weighted by Gasteiger charge is -2.13. The van der Waals surface area contributed by atoms with E-state index in [1.54, 1.807) is 19.2 Å². The van der Waals surface area contributed by atoms with Gasteiger partial charge in [-0.2, -0.15) is 23.4 Å². The molecular formula is C20H14F4N6O. The third kappa shape index (κ3) is 4.15. The number of nitrogens with one attached hydrogen (secondary N) is 1. The lowest BCUT2D eigenvalue weighted by atomic mass is 10.1. The zero-order valence-electron chi connectivity index (χ0n) is 15.9. The lowest BCUT2D eigenvalue weighted by Crippen LogP contribution is -2.20. The second-order valence-corrected chi connectivity index (χ2v) is 6.57. The first kappa shape index (κ1) is 20.3. The van der Waals surface area contributed by atoms with Crippen molar-refractivity contribution in [1.29, 1.82) is 0 Å². The number of hydrogen-bond acceptors (Lipinski definition) is 4. The van der Waals surface area contributed by atoms with Gasteiger partial charge in [-0.1, -0.05) is 0 Å². The molecule has 0 aliphatic carbocycles. The second-order valence-electron chi connectivity index (χ2n) is 6.57. The van der Waals surface area contributed by atoms with Gasteiger partial charge in [0.25, 0.3) is 5.91 Å². The van der Waals surface area contributed by atoms with Crippen LogP contribution < -0.4 is 5.32 Å². The quantitative estimate of drug-likeness (QED) is 0.495. The molecule has 0 unspecified atom stereocenters. The van der Waals surface area contributed by atoms with Gasteiger partial charge >= 0.3 is 6.18 Å². The van der Waals surface area contributed by atoms with Gasteiger partial charge in [0.15, 0.2) is 11.5 Å². The first-order chi connectivity index (χ1) is 14.7. The maximum Gasteiger partial charge on any atom is 0.434 e. The monoisotopic (exact) mass is 430 g/mol. The van der Waals surface area contributed by atoms with Gasteiger partial charge in [0.05, 0.1) is 17.4 Å². The molecule has 0 bridgehead atoms. The summed E-state index contributed by atoms with van der Waals surface area (Å²) in [5, 5.41) is 10.3. The van der Waals surface area contributed by atoms with E-state index in [9.17, 15) is 22.4 Å². The summed E-state index contributed by atoms with van der Waals surface area (Å²) in [6, 6.07) is 10.6. The van der Waals surface area contributed by atoms with Crippen LogP contribution in [0.4, 0.5) is 23.2 Å². The van der Waals surface area contributed by atoms with Gasteiger partial charge in [-0.3, -0.25) is 9.48 Å². The van der Waals surface area contributed by atoms with Crippen molar-refractivity contribution >= 4 is 11.6 Å². The van der Waals surface area contributed by atoms with Gasteiger partial charge in [0.1, 0.15) is 12.1 Å². The van der Waals surface area contributed by atoms with Gasteiger partial charge in [-0.15, -0.1) is 0 Å². The molecule has 0 saturated carbocycles. The maximum atomic E-state index is 13.7. The number of nitrogens with zero attached hydrogens (tertiary/aromatic N) is 5. The third-order valence-electron chi connectivity index (χ3n) is 4.35. The van der Waals surface area contributed by atoms with Crippen LogP contribution in [0.2, 0.25) is 0 Å². The summed E-state index contributed by atoms with van der Waals surface area (Å²) >= 11 is 0. The van der Waals surface area contributed by atoms with Crippen molar-refractivity contribution in [2.24, 2.45) is 7.05 Å². The molecule has 4 aromatic rings. The third-order valence-corrected chi connectivity index (χ3v) is 4.35. The van der Waals surface area contributed by atoms with Gasteiger partial charge in [-0.05, 0) is 48.5 Å². The molecule has 0 saturated heterocycles. The first-order valence-corrected chi connectivity index (χ1v) is 8.91. The normalized spacial score (nSPS) is 11.5. The van der Waals surface area contributed by atoms with Crippen molar-refractivity contribution in [3.63, 3.8) is 0 Å². The van der Waals surface area contributed by atoms with Crippen molar-refractivity contribution in [2.45, 2.75) is 6.18 Å². The predicted molar refractivity (Wildman–Crippen MR) is 103 cm³/mol. The number of halogens is 4. The Morgan fingerprint density at radius 1 is 1.03 bits per heavy atom. The van der Waals surface area contributed by atoms with E-state index in [2.05, 4.69) is 20.5 Å². The van der Waals surface area contributed by atoms with Gasteiger partial charge in [-0.25, -0.2) is 14.1 Å². The van der Waals surface area contributed by atoms with E-state index in [0.717, 1.165) is 30.5 Å². The molecule has 0 aliphatic rings. The van der Waals surface area contributed by atoms with E-state index in [0.29, 0.717) is 16.1 Å². The fourth-order valence-corrected chi connectivity index (χ4v) is 2.94. The Kier molecular flexibility index (Phi) is 5.01. The van der Waals surface area contributed by atoms with Crippen LogP contribution >= 0.6 is 0 Å². The Hall–Kier alpha value is -4.02.